The van der Waals surface area contributed by atoms with Crippen LogP contribution in [0.5, 0.6) is 5.88 Å². The molecule has 1 aromatic heterocycles. The first-order valence-corrected chi connectivity index (χ1v) is 6.41. The van der Waals surface area contributed by atoms with Gasteiger partial charge in [0.2, 0.25) is 5.88 Å². The summed E-state index contributed by atoms with van der Waals surface area (Å²) >= 11 is 12.0. The Morgan fingerprint density at radius 1 is 1.26 bits per heavy atom. The van der Waals surface area contributed by atoms with Gasteiger partial charge in [-0.25, -0.2) is 9.97 Å². The molecule has 0 aliphatic heterocycles. The average Bonchev–Trinajstić information content (AvgIpc) is 2.38. The first-order valence-electron chi connectivity index (χ1n) is 5.65. The molecular weight excluding hydrogens is 285 g/mol. The monoisotopic (exact) mass is 297 g/mol. The first kappa shape index (κ1) is 14.1. The maximum atomic E-state index is 6.14. The van der Waals surface area contributed by atoms with Crippen molar-refractivity contribution in [2.24, 2.45) is 5.73 Å². The molecule has 4 nitrogen and oxygen atoms in total. The maximum absolute atomic E-state index is 6.14. The lowest BCUT2D eigenvalue weighted by Gasteiger charge is -2.13. The fourth-order valence-corrected chi connectivity index (χ4v) is 2.29. The van der Waals surface area contributed by atoms with Crippen LogP contribution in [-0.4, -0.2) is 17.1 Å². The van der Waals surface area contributed by atoms with Crippen molar-refractivity contribution in [2.45, 2.75) is 12.5 Å². The van der Waals surface area contributed by atoms with Gasteiger partial charge in [0.15, 0.2) is 0 Å². The van der Waals surface area contributed by atoms with Crippen LogP contribution >= 0.6 is 23.2 Å². The molecule has 0 saturated carbocycles. The molecule has 2 aromatic rings. The number of ether oxygens (including phenoxy) is 1. The van der Waals surface area contributed by atoms with Gasteiger partial charge in [-0.15, -0.1) is 0 Å². The average molecular weight is 298 g/mol. The van der Waals surface area contributed by atoms with E-state index in [0.717, 1.165) is 11.3 Å². The van der Waals surface area contributed by atoms with Crippen molar-refractivity contribution in [1.82, 2.24) is 9.97 Å². The number of benzene rings is 1. The number of hydrogen-bond acceptors (Lipinski definition) is 4. The summed E-state index contributed by atoms with van der Waals surface area (Å²) in [6, 6.07) is 6.77. The highest BCUT2D eigenvalue weighted by molar-refractivity contribution is 6.35. The summed E-state index contributed by atoms with van der Waals surface area (Å²) in [5.74, 6) is 0.513. The lowest BCUT2D eigenvalue weighted by Crippen LogP contribution is -2.14. The van der Waals surface area contributed by atoms with Crippen molar-refractivity contribution >= 4 is 23.2 Å². The Bertz CT molecular complexity index is 578. The minimum atomic E-state index is -0.260. The summed E-state index contributed by atoms with van der Waals surface area (Å²) in [6.07, 6.45) is 1.99. The predicted molar refractivity (Wildman–Crippen MR) is 75.7 cm³/mol. The molecule has 2 N–H and O–H groups in total. The molecule has 0 aliphatic carbocycles. The largest absolute Gasteiger partial charge is 0.481 e. The van der Waals surface area contributed by atoms with Gasteiger partial charge in [0, 0.05) is 34.3 Å². The Balaban J connectivity index is 2.17. The third kappa shape index (κ3) is 3.56. The number of nitrogens with zero attached hydrogens (tertiary/aromatic N) is 2. The molecule has 0 amide bonds. The second kappa shape index (κ2) is 6.19. The number of rotatable bonds is 4. The number of hydrogen-bond donors (Lipinski definition) is 1. The standard InChI is InChI=1S/C13H13Cl2N3O/c1-19-13-6-9(17-7-18-13)5-12(16)10-3-2-8(14)4-11(10)15/h2-4,6-7,12H,5,16H2,1H3. The summed E-state index contributed by atoms with van der Waals surface area (Å²) in [5.41, 5.74) is 7.77. The molecule has 0 aliphatic rings. The van der Waals surface area contributed by atoms with Crippen LogP contribution in [0.25, 0.3) is 0 Å². The Kier molecular flexibility index (Phi) is 4.58. The zero-order chi connectivity index (χ0) is 13.8. The molecule has 1 aromatic carbocycles. The summed E-state index contributed by atoms with van der Waals surface area (Å²) in [5, 5.41) is 1.14. The molecule has 19 heavy (non-hydrogen) atoms. The first-order chi connectivity index (χ1) is 9.10. The Labute approximate surface area is 121 Å². The zero-order valence-corrected chi connectivity index (χ0v) is 11.8. The molecule has 0 radical (unpaired) electrons. The topological polar surface area (TPSA) is 61.0 Å². The second-order valence-electron chi connectivity index (χ2n) is 4.03. The van der Waals surface area contributed by atoms with Gasteiger partial charge in [0.25, 0.3) is 0 Å². The van der Waals surface area contributed by atoms with Crippen LogP contribution < -0.4 is 10.5 Å². The van der Waals surface area contributed by atoms with Gasteiger partial charge in [-0.2, -0.15) is 0 Å². The number of nitrogens with two attached hydrogens (primary N) is 1. The predicted octanol–water partition coefficient (Wildman–Crippen LogP) is 3.03. The van der Waals surface area contributed by atoms with Crippen LogP contribution in [-0.2, 0) is 6.42 Å². The zero-order valence-electron chi connectivity index (χ0n) is 10.3. The van der Waals surface area contributed by atoms with Crippen LogP contribution in [0.1, 0.15) is 17.3 Å². The molecule has 0 spiro atoms. The van der Waals surface area contributed by atoms with Gasteiger partial charge in [-0.3, -0.25) is 0 Å². The smallest absolute Gasteiger partial charge is 0.216 e. The molecule has 0 bridgehead atoms. The van der Waals surface area contributed by atoms with Gasteiger partial charge >= 0.3 is 0 Å². The van der Waals surface area contributed by atoms with E-state index < -0.39 is 0 Å². The summed E-state index contributed by atoms with van der Waals surface area (Å²) in [4.78, 5) is 8.11. The van der Waals surface area contributed by atoms with Crippen LogP contribution in [0.4, 0.5) is 0 Å². The van der Waals surface area contributed by atoms with Crippen molar-refractivity contribution in [3.8, 4) is 5.88 Å². The lowest BCUT2D eigenvalue weighted by atomic mass is 10.0. The molecule has 0 saturated heterocycles. The molecule has 1 heterocycles. The van der Waals surface area contributed by atoms with E-state index >= 15 is 0 Å². The Hall–Kier alpha value is -1.36. The molecule has 100 valence electrons. The molecular formula is C13H13Cl2N3O. The summed E-state index contributed by atoms with van der Waals surface area (Å²) in [6.45, 7) is 0. The van der Waals surface area contributed by atoms with Gasteiger partial charge in [0.1, 0.15) is 6.33 Å². The number of aromatic nitrogens is 2. The van der Waals surface area contributed by atoms with E-state index in [1.165, 1.54) is 6.33 Å². The van der Waals surface area contributed by atoms with Gasteiger partial charge in [-0.05, 0) is 17.7 Å². The van der Waals surface area contributed by atoms with E-state index in [-0.39, 0.29) is 6.04 Å². The van der Waals surface area contributed by atoms with Crippen LogP contribution in [0.15, 0.2) is 30.6 Å². The maximum Gasteiger partial charge on any atom is 0.216 e. The number of halogens is 2. The summed E-state index contributed by atoms with van der Waals surface area (Å²) < 4.78 is 5.05. The Morgan fingerprint density at radius 2 is 2.05 bits per heavy atom. The molecule has 1 unspecified atom stereocenters. The molecule has 2 rings (SSSR count). The summed E-state index contributed by atoms with van der Waals surface area (Å²) in [7, 11) is 1.56. The highest BCUT2D eigenvalue weighted by Gasteiger charge is 2.12. The lowest BCUT2D eigenvalue weighted by molar-refractivity contribution is 0.395. The fourth-order valence-electron chi connectivity index (χ4n) is 1.74. The van der Waals surface area contributed by atoms with Crippen molar-refractivity contribution in [1.29, 1.82) is 0 Å². The van der Waals surface area contributed by atoms with Gasteiger partial charge in [0.05, 0.1) is 7.11 Å². The fraction of sp³-hybridized carbons (Fsp3) is 0.231. The van der Waals surface area contributed by atoms with E-state index in [4.69, 9.17) is 33.7 Å². The SMILES string of the molecule is COc1cc(CC(N)c2ccc(Cl)cc2Cl)ncn1. The van der Waals surface area contributed by atoms with Crippen molar-refractivity contribution < 1.29 is 4.74 Å². The van der Waals surface area contributed by atoms with Crippen molar-refractivity contribution in [2.75, 3.05) is 7.11 Å². The van der Waals surface area contributed by atoms with E-state index in [1.807, 2.05) is 6.07 Å². The van der Waals surface area contributed by atoms with Crippen LogP contribution in [0.3, 0.4) is 0 Å². The van der Waals surface area contributed by atoms with E-state index in [0.29, 0.717) is 22.3 Å². The van der Waals surface area contributed by atoms with E-state index in [2.05, 4.69) is 9.97 Å². The highest BCUT2D eigenvalue weighted by Crippen LogP contribution is 2.27. The van der Waals surface area contributed by atoms with Crippen LogP contribution in [0, 0.1) is 0 Å². The highest BCUT2D eigenvalue weighted by atomic mass is 35.5. The normalized spacial score (nSPS) is 12.2. The van der Waals surface area contributed by atoms with Gasteiger partial charge in [-0.1, -0.05) is 29.3 Å². The minimum Gasteiger partial charge on any atom is -0.481 e. The number of methoxy groups -OCH3 is 1. The third-order valence-electron chi connectivity index (χ3n) is 2.70. The molecule has 6 heteroatoms. The third-order valence-corrected chi connectivity index (χ3v) is 3.26. The van der Waals surface area contributed by atoms with E-state index in [1.54, 1.807) is 25.3 Å². The quantitative estimate of drug-likeness (QED) is 0.942. The Morgan fingerprint density at radius 3 is 2.74 bits per heavy atom. The molecule has 0 fully saturated rings. The second-order valence-corrected chi connectivity index (χ2v) is 4.87. The van der Waals surface area contributed by atoms with Crippen LogP contribution in [0.2, 0.25) is 10.0 Å². The minimum absolute atomic E-state index is 0.260. The van der Waals surface area contributed by atoms with Gasteiger partial charge < -0.3 is 10.5 Å². The van der Waals surface area contributed by atoms with Crippen molar-refractivity contribution in [3.63, 3.8) is 0 Å². The van der Waals surface area contributed by atoms with E-state index in [9.17, 15) is 0 Å². The molecule has 1 atom stereocenters. The van der Waals surface area contributed by atoms with Crippen molar-refractivity contribution in [3.05, 3.63) is 51.9 Å².